The van der Waals surface area contributed by atoms with Crippen LogP contribution in [0.15, 0.2) is 18.2 Å². The molecule has 0 amide bonds. The summed E-state index contributed by atoms with van der Waals surface area (Å²) in [4.78, 5) is 4.27. The number of fused-ring (bicyclic) bond motifs is 1. The predicted octanol–water partition coefficient (Wildman–Crippen LogP) is 4.05. The Kier molecular flexibility index (Phi) is 4.73. The number of ether oxygens (including phenoxy) is 1. The molecule has 0 aliphatic carbocycles. The van der Waals surface area contributed by atoms with Crippen molar-refractivity contribution in [3.05, 3.63) is 29.8 Å². The van der Waals surface area contributed by atoms with E-state index in [0.29, 0.717) is 16.9 Å². The van der Waals surface area contributed by atoms with Gasteiger partial charge in [0.15, 0.2) is 0 Å². The summed E-state index contributed by atoms with van der Waals surface area (Å²) < 4.78 is 55.5. The van der Waals surface area contributed by atoms with Crippen LogP contribution in [-0.2, 0) is 11.3 Å². The van der Waals surface area contributed by atoms with E-state index in [1.807, 2.05) is 0 Å². The number of alkyl halides is 4. The van der Waals surface area contributed by atoms with Crippen molar-refractivity contribution in [1.82, 2.24) is 9.55 Å². The molecule has 1 unspecified atom stereocenters. The van der Waals surface area contributed by atoms with Crippen molar-refractivity contribution in [2.24, 2.45) is 0 Å². The maximum Gasteiger partial charge on any atom is 0.411 e. The lowest BCUT2D eigenvalue weighted by Crippen LogP contribution is -2.19. The molecule has 1 aromatic heterocycles. The Labute approximate surface area is 123 Å². The summed E-state index contributed by atoms with van der Waals surface area (Å²) >= 11 is 6.01. The monoisotopic (exact) mass is 324 g/mol. The standard InChI is InChI=1S/C13H13ClF4N2O/c1-8(14)12-19-10-3-2-9(15)6-11(10)20(12)4-5-21-7-13(16,17)18/h2-3,6,8H,4-5,7H2,1H3. The molecule has 1 aromatic carbocycles. The molecular formula is C13H13ClF4N2O. The first-order chi connectivity index (χ1) is 9.78. The Hall–Kier alpha value is -1.34. The summed E-state index contributed by atoms with van der Waals surface area (Å²) in [5.74, 6) is 0.0153. The minimum Gasteiger partial charge on any atom is -0.370 e. The highest BCUT2D eigenvalue weighted by Crippen LogP contribution is 2.25. The van der Waals surface area contributed by atoms with Gasteiger partial charge in [-0.15, -0.1) is 11.6 Å². The molecule has 8 heteroatoms. The fourth-order valence-corrected chi connectivity index (χ4v) is 2.16. The summed E-state index contributed by atoms with van der Waals surface area (Å²) in [7, 11) is 0. The Morgan fingerprint density at radius 1 is 1.38 bits per heavy atom. The Balaban J connectivity index is 2.20. The largest absolute Gasteiger partial charge is 0.411 e. The lowest BCUT2D eigenvalue weighted by molar-refractivity contribution is -0.174. The molecule has 1 heterocycles. The van der Waals surface area contributed by atoms with Gasteiger partial charge in [0.1, 0.15) is 18.2 Å². The Bertz CT molecular complexity index is 624. The van der Waals surface area contributed by atoms with Crippen molar-refractivity contribution in [2.75, 3.05) is 13.2 Å². The zero-order valence-corrected chi connectivity index (χ0v) is 11.9. The van der Waals surface area contributed by atoms with Crippen LogP contribution in [-0.4, -0.2) is 28.9 Å². The van der Waals surface area contributed by atoms with Gasteiger partial charge in [0.2, 0.25) is 0 Å². The van der Waals surface area contributed by atoms with Crippen LogP contribution in [0.25, 0.3) is 11.0 Å². The van der Waals surface area contributed by atoms with Gasteiger partial charge in [0.25, 0.3) is 0 Å². The van der Waals surface area contributed by atoms with Crippen LogP contribution >= 0.6 is 11.6 Å². The van der Waals surface area contributed by atoms with Gasteiger partial charge in [-0.3, -0.25) is 0 Å². The van der Waals surface area contributed by atoms with Crippen molar-refractivity contribution >= 4 is 22.6 Å². The maximum atomic E-state index is 13.3. The second-order valence-electron chi connectivity index (χ2n) is 4.54. The van der Waals surface area contributed by atoms with Crippen LogP contribution in [0.1, 0.15) is 18.1 Å². The number of imidazole rings is 1. The van der Waals surface area contributed by atoms with Gasteiger partial charge in [-0.25, -0.2) is 9.37 Å². The van der Waals surface area contributed by atoms with Crippen LogP contribution in [0.2, 0.25) is 0 Å². The average molecular weight is 325 g/mol. The fourth-order valence-electron chi connectivity index (χ4n) is 2.00. The molecule has 0 saturated carbocycles. The van der Waals surface area contributed by atoms with Crippen LogP contribution in [0.3, 0.4) is 0 Å². The summed E-state index contributed by atoms with van der Waals surface area (Å²) in [5.41, 5.74) is 1.02. The summed E-state index contributed by atoms with van der Waals surface area (Å²) in [5, 5.41) is -0.455. The molecule has 116 valence electrons. The maximum absolute atomic E-state index is 13.3. The van der Waals surface area contributed by atoms with E-state index in [1.165, 1.54) is 18.2 Å². The molecule has 0 spiro atoms. The van der Waals surface area contributed by atoms with Crippen molar-refractivity contribution in [3.63, 3.8) is 0 Å². The van der Waals surface area contributed by atoms with Crippen molar-refractivity contribution in [3.8, 4) is 0 Å². The minimum atomic E-state index is -4.37. The molecular weight excluding hydrogens is 312 g/mol. The van der Waals surface area contributed by atoms with Crippen LogP contribution < -0.4 is 0 Å². The normalized spacial score (nSPS) is 13.8. The Morgan fingerprint density at radius 2 is 2.10 bits per heavy atom. The Morgan fingerprint density at radius 3 is 2.71 bits per heavy atom. The van der Waals surface area contributed by atoms with E-state index >= 15 is 0 Å². The average Bonchev–Trinajstić information content (AvgIpc) is 2.72. The highest BCUT2D eigenvalue weighted by molar-refractivity contribution is 6.20. The first-order valence-corrected chi connectivity index (χ1v) is 6.66. The molecule has 21 heavy (non-hydrogen) atoms. The molecule has 0 aliphatic heterocycles. The molecule has 1 atom stereocenters. The first kappa shape index (κ1) is 16.0. The third-order valence-electron chi connectivity index (χ3n) is 2.82. The minimum absolute atomic E-state index is 0.114. The number of nitrogens with zero attached hydrogens (tertiary/aromatic N) is 2. The van der Waals surface area contributed by atoms with Crippen molar-refractivity contribution in [1.29, 1.82) is 0 Å². The van der Waals surface area contributed by atoms with E-state index in [4.69, 9.17) is 11.6 Å². The number of benzene rings is 1. The number of hydrogen-bond acceptors (Lipinski definition) is 2. The molecule has 0 bridgehead atoms. The van der Waals surface area contributed by atoms with E-state index in [0.717, 1.165) is 0 Å². The van der Waals surface area contributed by atoms with Gasteiger partial charge >= 0.3 is 6.18 Å². The number of rotatable bonds is 5. The van der Waals surface area contributed by atoms with Gasteiger partial charge in [-0.2, -0.15) is 13.2 Å². The van der Waals surface area contributed by atoms with Gasteiger partial charge in [0.05, 0.1) is 23.0 Å². The zero-order chi connectivity index (χ0) is 15.6. The third kappa shape index (κ3) is 4.07. The summed E-state index contributed by atoms with van der Waals surface area (Å²) in [6.07, 6.45) is -4.37. The summed E-state index contributed by atoms with van der Waals surface area (Å²) in [6.45, 7) is 0.312. The van der Waals surface area contributed by atoms with E-state index < -0.39 is 24.0 Å². The quantitative estimate of drug-likeness (QED) is 0.471. The van der Waals surface area contributed by atoms with Crippen LogP contribution in [0, 0.1) is 5.82 Å². The van der Waals surface area contributed by atoms with Crippen molar-refractivity contribution in [2.45, 2.75) is 25.0 Å². The molecule has 0 N–H and O–H groups in total. The van der Waals surface area contributed by atoms with E-state index in [9.17, 15) is 17.6 Å². The molecule has 2 rings (SSSR count). The molecule has 2 aromatic rings. The second-order valence-corrected chi connectivity index (χ2v) is 5.19. The fraction of sp³-hybridized carbons (Fsp3) is 0.462. The molecule has 0 saturated heterocycles. The predicted molar refractivity (Wildman–Crippen MR) is 70.8 cm³/mol. The second kappa shape index (κ2) is 6.19. The van der Waals surface area contributed by atoms with Crippen molar-refractivity contribution < 1.29 is 22.3 Å². The first-order valence-electron chi connectivity index (χ1n) is 6.22. The highest BCUT2D eigenvalue weighted by atomic mass is 35.5. The lowest BCUT2D eigenvalue weighted by atomic mass is 10.3. The van der Waals surface area contributed by atoms with Crippen LogP contribution in [0.5, 0.6) is 0 Å². The van der Waals surface area contributed by atoms with Gasteiger partial charge in [0, 0.05) is 6.54 Å². The zero-order valence-electron chi connectivity index (χ0n) is 11.1. The number of aromatic nitrogens is 2. The third-order valence-corrected chi connectivity index (χ3v) is 3.02. The molecule has 0 radical (unpaired) electrons. The van der Waals surface area contributed by atoms with E-state index in [1.54, 1.807) is 11.5 Å². The number of halogens is 5. The molecule has 0 fully saturated rings. The van der Waals surface area contributed by atoms with Crippen LogP contribution in [0.4, 0.5) is 17.6 Å². The van der Waals surface area contributed by atoms with Gasteiger partial charge < -0.3 is 9.30 Å². The molecule has 3 nitrogen and oxygen atoms in total. The van der Waals surface area contributed by atoms with Gasteiger partial charge in [-0.05, 0) is 25.1 Å². The van der Waals surface area contributed by atoms with E-state index in [-0.39, 0.29) is 13.2 Å². The van der Waals surface area contributed by atoms with Gasteiger partial charge in [-0.1, -0.05) is 0 Å². The SMILES string of the molecule is CC(Cl)c1nc2ccc(F)cc2n1CCOCC(F)(F)F. The molecule has 0 aliphatic rings. The summed E-state index contributed by atoms with van der Waals surface area (Å²) in [6, 6.07) is 4.04. The topological polar surface area (TPSA) is 27.1 Å². The number of hydrogen-bond donors (Lipinski definition) is 0. The lowest BCUT2D eigenvalue weighted by Gasteiger charge is -2.12. The van der Waals surface area contributed by atoms with E-state index in [2.05, 4.69) is 9.72 Å². The smallest absolute Gasteiger partial charge is 0.370 e. The highest BCUT2D eigenvalue weighted by Gasteiger charge is 2.27.